The van der Waals surface area contributed by atoms with Crippen molar-refractivity contribution in [2.24, 2.45) is 5.92 Å². The smallest absolute Gasteiger partial charge is 0.251 e. The van der Waals surface area contributed by atoms with Crippen molar-refractivity contribution in [3.05, 3.63) is 47.7 Å². The molecule has 0 radical (unpaired) electrons. The molecule has 0 spiro atoms. The molecule has 27 heavy (non-hydrogen) atoms. The Morgan fingerprint density at radius 3 is 2.78 bits per heavy atom. The summed E-state index contributed by atoms with van der Waals surface area (Å²) < 4.78 is 10.5. The average Bonchev–Trinajstić information content (AvgIpc) is 2.71. The number of rotatable bonds is 6. The Morgan fingerprint density at radius 1 is 1.22 bits per heavy atom. The molecule has 0 aliphatic carbocycles. The Balaban J connectivity index is 1.65. The second-order valence-corrected chi connectivity index (χ2v) is 6.97. The summed E-state index contributed by atoms with van der Waals surface area (Å²) in [6, 6.07) is 9.24. The summed E-state index contributed by atoms with van der Waals surface area (Å²) in [6.07, 6.45) is 4.13. The van der Waals surface area contributed by atoms with Crippen LogP contribution in [0.3, 0.4) is 0 Å². The van der Waals surface area contributed by atoms with Crippen LogP contribution in [-0.2, 0) is 6.54 Å². The molecule has 1 aromatic carbocycles. The number of ether oxygens (including phenoxy) is 2. The highest BCUT2D eigenvalue weighted by Crippen LogP contribution is 2.27. The number of benzene rings is 1. The number of nitrogens with one attached hydrogen (secondary N) is 1. The Bertz CT molecular complexity index is 794. The van der Waals surface area contributed by atoms with Crippen LogP contribution in [0.1, 0.15) is 35.7 Å². The minimum absolute atomic E-state index is 0.113. The summed E-state index contributed by atoms with van der Waals surface area (Å²) in [4.78, 5) is 19.3. The van der Waals surface area contributed by atoms with Gasteiger partial charge in [0.05, 0.1) is 14.2 Å². The third kappa shape index (κ3) is 4.70. The molecule has 1 aliphatic heterocycles. The summed E-state index contributed by atoms with van der Waals surface area (Å²) >= 11 is 0. The largest absolute Gasteiger partial charge is 0.493 e. The number of carbonyl (C=O) groups excluding carboxylic acids is 1. The van der Waals surface area contributed by atoms with E-state index in [9.17, 15) is 4.79 Å². The Labute approximate surface area is 160 Å². The number of carbonyl (C=O) groups is 1. The molecule has 1 saturated heterocycles. The first-order valence-electron chi connectivity index (χ1n) is 9.31. The fourth-order valence-corrected chi connectivity index (χ4v) is 3.41. The molecule has 1 N–H and O–H groups in total. The van der Waals surface area contributed by atoms with E-state index in [1.807, 2.05) is 24.3 Å². The quantitative estimate of drug-likeness (QED) is 0.847. The van der Waals surface area contributed by atoms with Crippen molar-refractivity contribution < 1.29 is 14.3 Å². The van der Waals surface area contributed by atoms with E-state index in [1.54, 1.807) is 26.5 Å². The van der Waals surface area contributed by atoms with Gasteiger partial charge in [0, 0.05) is 31.4 Å². The number of methoxy groups -OCH3 is 2. The zero-order chi connectivity index (χ0) is 19.2. The van der Waals surface area contributed by atoms with E-state index in [4.69, 9.17) is 9.47 Å². The van der Waals surface area contributed by atoms with Crippen LogP contribution in [0.15, 0.2) is 36.5 Å². The Morgan fingerprint density at radius 2 is 2.04 bits per heavy atom. The molecule has 144 valence electrons. The van der Waals surface area contributed by atoms with E-state index < -0.39 is 0 Å². The van der Waals surface area contributed by atoms with Crippen molar-refractivity contribution in [1.29, 1.82) is 0 Å². The monoisotopic (exact) mass is 369 g/mol. The van der Waals surface area contributed by atoms with Crippen LogP contribution < -0.4 is 19.7 Å². The zero-order valence-electron chi connectivity index (χ0n) is 16.2. The van der Waals surface area contributed by atoms with Crippen LogP contribution in [0.2, 0.25) is 0 Å². The fourth-order valence-electron chi connectivity index (χ4n) is 3.41. The van der Waals surface area contributed by atoms with Gasteiger partial charge in [-0.1, -0.05) is 13.0 Å². The third-order valence-corrected chi connectivity index (χ3v) is 4.89. The Hall–Kier alpha value is -2.76. The molecule has 2 heterocycles. The molecule has 1 amide bonds. The molecule has 1 atom stereocenters. The summed E-state index contributed by atoms with van der Waals surface area (Å²) in [7, 11) is 3.20. The average molecular weight is 369 g/mol. The van der Waals surface area contributed by atoms with E-state index >= 15 is 0 Å². The van der Waals surface area contributed by atoms with E-state index in [2.05, 4.69) is 22.1 Å². The molecular formula is C21H27N3O3. The highest BCUT2D eigenvalue weighted by Gasteiger charge is 2.18. The number of piperidine rings is 1. The van der Waals surface area contributed by atoms with E-state index in [0.717, 1.165) is 24.5 Å². The number of aromatic nitrogens is 1. The van der Waals surface area contributed by atoms with Crippen LogP contribution in [0.25, 0.3) is 0 Å². The normalized spacial score (nSPS) is 16.7. The van der Waals surface area contributed by atoms with Crippen molar-refractivity contribution in [1.82, 2.24) is 10.3 Å². The molecular weight excluding hydrogens is 342 g/mol. The van der Waals surface area contributed by atoms with Gasteiger partial charge in [0.2, 0.25) is 0 Å². The molecule has 1 aliphatic rings. The third-order valence-electron chi connectivity index (χ3n) is 4.89. The minimum Gasteiger partial charge on any atom is -0.493 e. The van der Waals surface area contributed by atoms with Crippen LogP contribution in [0.4, 0.5) is 5.82 Å². The van der Waals surface area contributed by atoms with Crippen molar-refractivity contribution in [2.45, 2.75) is 26.3 Å². The highest BCUT2D eigenvalue weighted by molar-refractivity contribution is 5.94. The van der Waals surface area contributed by atoms with Crippen LogP contribution >= 0.6 is 0 Å². The number of amides is 1. The van der Waals surface area contributed by atoms with Gasteiger partial charge < -0.3 is 19.7 Å². The fraction of sp³-hybridized carbons (Fsp3) is 0.429. The van der Waals surface area contributed by atoms with Crippen LogP contribution in [0, 0.1) is 5.92 Å². The summed E-state index contributed by atoms with van der Waals surface area (Å²) in [5.74, 6) is 2.73. The van der Waals surface area contributed by atoms with Gasteiger partial charge in [-0.3, -0.25) is 4.79 Å². The molecule has 1 fully saturated rings. The lowest BCUT2D eigenvalue weighted by molar-refractivity contribution is 0.0950. The Kier molecular flexibility index (Phi) is 6.16. The molecule has 0 bridgehead atoms. The lowest BCUT2D eigenvalue weighted by atomic mass is 10.0. The molecule has 6 nitrogen and oxygen atoms in total. The number of anilines is 1. The first-order chi connectivity index (χ1) is 13.1. The maximum atomic E-state index is 12.6. The maximum Gasteiger partial charge on any atom is 0.251 e. The van der Waals surface area contributed by atoms with E-state index in [-0.39, 0.29) is 5.91 Å². The van der Waals surface area contributed by atoms with E-state index in [0.29, 0.717) is 29.5 Å². The first-order valence-corrected chi connectivity index (χ1v) is 9.31. The summed E-state index contributed by atoms with van der Waals surface area (Å²) in [6.45, 7) is 4.65. The minimum atomic E-state index is -0.113. The number of hydrogen-bond donors (Lipinski definition) is 1. The van der Waals surface area contributed by atoms with Crippen LogP contribution in [-0.4, -0.2) is 38.2 Å². The zero-order valence-corrected chi connectivity index (χ0v) is 16.2. The van der Waals surface area contributed by atoms with Crippen molar-refractivity contribution >= 4 is 11.7 Å². The second-order valence-electron chi connectivity index (χ2n) is 6.97. The first kappa shape index (κ1) is 19.0. The van der Waals surface area contributed by atoms with Crippen molar-refractivity contribution in [3.63, 3.8) is 0 Å². The van der Waals surface area contributed by atoms with Gasteiger partial charge in [-0.25, -0.2) is 4.98 Å². The van der Waals surface area contributed by atoms with Gasteiger partial charge in [0.15, 0.2) is 11.5 Å². The van der Waals surface area contributed by atoms with Crippen molar-refractivity contribution in [2.75, 3.05) is 32.2 Å². The molecule has 6 heteroatoms. The predicted octanol–water partition coefficient (Wildman–Crippen LogP) is 3.27. The maximum absolute atomic E-state index is 12.6. The number of pyridine rings is 1. The molecule has 3 rings (SSSR count). The highest BCUT2D eigenvalue weighted by atomic mass is 16.5. The van der Waals surface area contributed by atoms with Crippen molar-refractivity contribution in [3.8, 4) is 11.5 Å². The topological polar surface area (TPSA) is 63.7 Å². The standard InChI is InChI=1S/C21H27N3O3/c1-15-5-4-10-24(14-15)20-12-17(8-9-22-20)21(25)23-13-16-6-7-18(26-2)19(11-16)27-3/h6-9,11-12,15H,4-5,10,13-14H2,1-3H3,(H,23,25). The van der Waals surface area contributed by atoms with Gasteiger partial charge in [-0.2, -0.15) is 0 Å². The predicted molar refractivity (Wildman–Crippen MR) is 106 cm³/mol. The van der Waals surface area contributed by atoms with Crippen LogP contribution in [0.5, 0.6) is 11.5 Å². The van der Waals surface area contributed by atoms with Gasteiger partial charge in [-0.05, 0) is 48.6 Å². The molecule has 2 aromatic rings. The van der Waals surface area contributed by atoms with Gasteiger partial charge in [-0.15, -0.1) is 0 Å². The lowest BCUT2D eigenvalue weighted by Crippen LogP contribution is -2.35. The lowest BCUT2D eigenvalue weighted by Gasteiger charge is -2.31. The SMILES string of the molecule is COc1ccc(CNC(=O)c2ccnc(N3CCCC(C)C3)c2)cc1OC. The van der Waals surface area contributed by atoms with Gasteiger partial charge in [0.25, 0.3) is 5.91 Å². The molecule has 1 unspecified atom stereocenters. The number of hydrogen-bond acceptors (Lipinski definition) is 5. The summed E-state index contributed by atoms with van der Waals surface area (Å²) in [5.41, 5.74) is 1.57. The molecule has 1 aromatic heterocycles. The number of nitrogens with zero attached hydrogens (tertiary/aromatic N) is 2. The van der Waals surface area contributed by atoms with E-state index in [1.165, 1.54) is 12.8 Å². The summed E-state index contributed by atoms with van der Waals surface area (Å²) in [5, 5.41) is 2.96. The van der Waals surface area contributed by atoms with Gasteiger partial charge >= 0.3 is 0 Å². The molecule has 0 saturated carbocycles. The van der Waals surface area contributed by atoms with Gasteiger partial charge in [0.1, 0.15) is 5.82 Å². The second kappa shape index (κ2) is 8.75.